The minimum absolute atomic E-state index is 0.435. The zero-order valence-electron chi connectivity index (χ0n) is 21.7. The van der Waals surface area contributed by atoms with Gasteiger partial charge < -0.3 is 19.1 Å². The molecular formula is C33H29NO5. The molecule has 196 valence electrons. The third kappa shape index (κ3) is 7.02. The van der Waals surface area contributed by atoms with Crippen molar-refractivity contribution in [2.45, 2.75) is 13.3 Å². The van der Waals surface area contributed by atoms with Crippen LogP contribution in [0.2, 0.25) is 0 Å². The Morgan fingerprint density at radius 3 is 1.38 bits per heavy atom. The smallest absolute Gasteiger partial charge is 0.335 e. The highest BCUT2D eigenvalue weighted by atomic mass is 16.5. The summed E-state index contributed by atoms with van der Waals surface area (Å²) in [6, 6.07) is 30.6. The molecule has 0 saturated carbocycles. The van der Waals surface area contributed by atoms with Crippen molar-refractivity contribution in [1.29, 1.82) is 0 Å². The van der Waals surface area contributed by atoms with Crippen molar-refractivity contribution in [2.24, 2.45) is 0 Å². The summed E-state index contributed by atoms with van der Waals surface area (Å²) in [6.45, 7) is 9.59. The van der Waals surface area contributed by atoms with Crippen LogP contribution in [0.1, 0.15) is 13.3 Å². The third-order valence-electron chi connectivity index (χ3n) is 5.75. The van der Waals surface area contributed by atoms with Gasteiger partial charge in [-0.25, -0.2) is 9.59 Å². The summed E-state index contributed by atoms with van der Waals surface area (Å²) in [5.41, 5.74) is 4.76. The maximum atomic E-state index is 11.6. The first-order chi connectivity index (χ1) is 19.0. The van der Waals surface area contributed by atoms with Gasteiger partial charge in [0.1, 0.15) is 17.2 Å². The molecule has 0 aliphatic carbocycles. The number of rotatable bonds is 11. The second-order valence-corrected chi connectivity index (χ2v) is 8.49. The second kappa shape index (κ2) is 12.9. The van der Waals surface area contributed by atoms with Crippen LogP contribution in [0.3, 0.4) is 0 Å². The van der Waals surface area contributed by atoms with Crippen molar-refractivity contribution in [3.8, 4) is 28.4 Å². The molecule has 0 N–H and O–H groups in total. The van der Waals surface area contributed by atoms with E-state index < -0.39 is 11.9 Å². The molecule has 0 amide bonds. The van der Waals surface area contributed by atoms with Gasteiger partial charge in [0, 0.05) is 29.2 Å². The van der Waals surface area contributed by atoms with Crippen LogP contribution in [-0.4, -0.2) is 18.5 Å². The zero-order chi connectivity index (χ0) is 27.6. The van der Waals surface area contributed by atoms with Gasteiger partial charge >= 0.3 is 11.9 Å². The van der Waals surface area contributed by atoms with Crippen LogP contribution in [0, 0.1) is 0 Å². The van der Waals surface area contributed by atoms with E-state index in [1.165, 1.54) is 0 Å². The minimum Gasteiger partial charge on any atom is -0.494 e. The average molecular weight is 520 g/mol. The van der Waals surface area contributed by atoms with Crippen molar-refractivity contribution in [3.63, 3.8) is 0 Å². The molecule has 0 bridgehead atoms. The van der Waals surface area contributed by atoms with Crippen molar-refractivity contribution < 1.29 is 23.8 Å². The number of carbonyl (C=O) groups is 2. The van der Waals surface area contributed by atoms with Crippen molar-refractivity contribution in [3.05, 3.63) is 122 Å². The van der Waals surface area contributed by atoms with E-state index in [1.54, 1.807) is 24.3 Å². The highest BCUT2D eigenvalue weighted by Crippen LogP contribution is 2.37. The third-order valence-corrected chi connectivity index (χ3v) is 5.75. The van der Waals surface area contributed by atoms with E-state index in [9.17, 15) is 9.59 Å². The van der Waals surface area contributed by atoms with Crippen LogP contribution >= 0.6 is 0 Å². The van der Waals surface area contributed by atoms with Gasteiger partial charge in [0.25, 0.3) is 0 Å². The first-order valence-electron chi connectivity index (χ1n) is 12.5. The number of anilines is 3. The lowest BCUT2D eigenvalue weighted by Crippen LogP contribution is -2.10. The molecule has 0 unspecified atom stereocenters. The molecule has 0 heterocycles. The highest BCUT2D eigenvalue weighted by Gasteiger charge is 2.14. The molecule has 4 rings (SSSR count). The minimum atomic E-state index is -0.509. The normalized spacial score (nSPS) is 10.3. The number of ether oxygens (including phenoxy) is 3. The maximum Gasteiger partial charge on any atom is 0.335 e. The lowest BCUT2D eigenvalue weighted by atomic mass is 10.0. The molecule has 0 aromatic heterocycles. The summed E-state index contributed by atoms with van der Waals surface area (Å²) in [7, 11) is 0. The predicted octanol–water partition coefficient (Wildman–Crippen LogP) is 7.80. The summed E-state index contributed by atoms with van der Waals surface area (Å²) in [6.07, 6.45) is 3.20. The number of esters is 2. The molecule has 0 atom stereocenters. The van der Waals surface area contributed by atoms with Crippen LogP contribution in [0.4, 0.5) is 17.1 Å². The first kappa shape index (κ1) is 26.9. The molecule has 0 spiro atoms. The molecule has 0 aliphatic rings. The van der Waals surface area contributed by atoms with Gasteiger partial charge in [-0.15, -0.1) is 0 Å². The van der Waals surface area contributed by atoms with Gasteiger partial charge in [-0.3, -0.25) is 0 Å². The number of hydrogen-bond acceptors (Lipinski definition) is 6. The fourth-order valence-electron chi connectivity index (χ4n) is 3.86. The van der Waals surface area contributed by atoms with E-state index in [2.05, 4.69) is 25.0 Å². The summed E-state index contributed by atoms with van der Waals surface area (Å²) in [5, 5.41) is 0. The van der Waals surface area contributed by atoms with Crippen molar-refractivity contribution in [1.82, 2.24) is 0 Å². The number of nitrogens with zero attached hydrogens (tertiary/aromatic N) is 1. The topological polar surface area (TPSA) is 65.1 Å². The van der Waals surface area contributed by atoms with Crippen LogP contribution in [0.15, 0.2) is 122 Å². The lowest BCUT2D eigenvalue weighted by Gasteiger charge is -2.26. The van der Waals surface area contributed by atoms with E-state index in [0.29, 0.717) is 18.1 Å². The zero-order valence-corrected chi connectivity index (χ0v) is 21.7. The summed E-state index contributed by atoms with van der Waals surface area (Å²) in [5.74, 6) is 0.697. The maximum absolute atomic E-state index is 11.6. The van der Waals surface area contributed by atoms with Crippen molar-refractivity contribution in [2.75, 3.05) is 11.5 Å². The Hall–Kier alpha value is -5.10. The fraction of sp³-hybridized carbons (Fsp3) is 0.0909. The Labute approximate surface area is 228 Å². The van der Waals surface area contributed by atoms with Crippen LogP contribution in [-0.2, 0) is 9.59 Å². The van der Waals surface area contributed by atoms with Gasteiger partial charge in [0.05, 0.1) is 6.61 Å². The molecule has 6 heteroatoms. The molecular weight excluding hydrogens is 490 g/mol. The molecule has 4 aromatic rings. The highest BCUT2D eigenvalue weighted by molar-refractivity contribution is 5.84. The monoisotopic (exact) mass is 519 g/mol. The van der Waals surface area contributed by atoms with E-state index in [0.717, 1.165) is 52.5 Å². The predicted molar refractivity (Wildman–Crippen MR) is 154 cm³/mol. The van der Waals surface area contributed by atoms with Gasteiger partial charge in [-0.1, -0.05) is 44.3 Å². The Morgan fingerprint density at radius 2 is 0.974 bits per heavy atom. The van der Waals surface area contributed by atoms with Crippen LogP contribution < -0.4 is 19.1 Å². The Balaban J connectivity index is 1.63. The van der Waals surface area contributed by atoms with Crippen molar-refractivity contribution >= 4 is 29.0 Å². The Bertz CT molecular complexity index is 1420. The number of benzene rings is 4. The molecule has 0 saturated heterocycles. The van der Waals surface area contributed by atoms with E-state index in [4.69, 9.17) is 14.2 Å². The molecule has 0 fully saturated rings. The molecule has 0 radical (unpaired) electrons. The van der Waals surface area contributed by atoms with E-state index in [1.807, 2.05) is 72.8 Å². The van der Waals surface area contributed by atoms with E-state index in [-0.39, 0.29) is 0 Å². The van der Waals surface area contributed by atoms with Crippen LogP contribution in [0.25, 0.3) is 11.1 Å². The summed E-state index contributed by atoms with van der Waals surface area (Å²) in [4.78, 5) is 25.1. The largest absolute Gasteiger partial charge is 0.494 e. The fourth-order valence-corrected chi connectivity index (χ4v) is 3.86. The van der Waals surface area contributed by atoms with E-state index >= 15 is 0 Å². The number of hydrogen-bond donors (Lipinski definition) is 0. The molecule has 39 heavy (non-hydrogen) atoms. The SMILES string of the molecule is C=CC(=O)Oc1ccc(-c2ccc(N(c3ccc(OCCC)cc3)c3ccc(OC(=O)C=C)cc3)cc2)cc1. The quantitative estimate of drug-likeness (QED) is 0.114. The van der Waals surface area contributed by atoms with Gasteiger partial charge in [0.2, 0.25) is 0 Å². The standard InChI is InChI=1S/C33H29NO5/c1-4-23-37-29-19-13-27(14-20-29)34(28-15-21-31(22-16-28)39-33(36)6-3)26-11-7-24(8-12-26)25-9-17-30(18-10-25)38-32(35)5-2/h5-22H,2-4,23H2,1H3. The van der Waals surface area contributed by atoms with Gasteiger partial charge in [-0.05, 0) is 90.3 Å². The molecule has 4 aromatic carbocycles. The lowest BCUT2D eigenvalue weighted by molar-refractivity contribution is -0.129. The Morgan fingerprint density at radius 1 is 0.615 bits per heavy atom. The van der Waals surface area contributed by atoms with Gasteiger partial charge in [-0.2, -0.15) is 0 Å². The molecule has 0 aliphatic heterocycles. The number of carbonyl (C=O) groups excluding carboxylic acids is 2. The first-order valence-corrected chi connectivity index (χ1v) is 12.5. The van der Waals surface area contributed by atoms with Gasteiger partial charge in [0.15, 0.2) is 0 Å². The molecule has 6 nitrogen and oxygen atoms in total. The van der Waals surface area contributed by atoms with Crippen LogP contribution in [0.5, 0.6) is 17.2 Å². The second-order valence-electron chi connectivity index (χ2n) is 8.49. The average Bonchev–Trinajstić information content (AvgIpc) is 2.98. The Kier molecular flexibility index (Phi) is 8.93. The summed E-state index contributed by atoms with van der Waals surface area (Å²) >= 11 is 0. The summed E-state index contributed by atoms with van der Waals surface area (Å²) < 4.78 is 16.2.